The molecule has 0 atom stereocenters. The minimum absolute atomic E-state index is 0.467. The van der Waals surface area contributed by atoms with Crippen LogP contribution in [-0.2, 0) is 6.42 Å². The SMILES string of the molecule is CCN(CC)CCNc1ccccc1CC#N. The number of nitrogens with zero attached hydrogens (tertiary/aromatic N) is 2. The number of rotatable bonds is 7. The number of nitriles is 1. The normalized spacial score (nSPS) is 10.2. The van der Waals surface area contributed by atoms with E-state index >= 15 is 0 Å². The van der Waals surface area contributed by atoms with Gasteiger partial charge in [0.25, 0.3) is 0 Å². The molecule has 0 amide bonds. The molecule has 1 aromatic carbocycles. The zero-order valence-electron chi connectivity index (χ0n) is 10.7. The highest BCUT2D eigenvalue weighted by molar-refractivity contribution is 5.52. The fourth-order valence-electron chi connectivity index (χ4n) is 1.82. The standard InChI is InChI=1S/C14H21N3/c1-3-17(4-2)12-11-16-14-8-6-5-7-13(14)9-10-15/h5-8,16H,3-4,9,11-12H2,1-2H3. The van der Waals surface area contributed by atoms with Gasteiger partial charge in [0.15, 0.2) is 0 Å². The first-order valence-corrected chi connectivity index (χ1v) is 6.22. The highest BCUT2D eigenvalue weighted by Gasteiger charge is 2.02. The van der Waals surface area contributed by atoms with E-state index < -0.39 is 0 Å². The Morgan fingerprint density at radius 3 is 2.59 bits per heavy atom. The van der Waals surface area contributed by atoms with Gasteiger partial charge in [-0.3, -0.25) is 0 Å². The minimum Gasteiger partial charge on any atom is -0.384 e. The quantitative estimate of drug-likeness (QED) is 0.783. The van der Waals surface area contributed by atoms with Crippen LogP contribution in [0.4, 0.5) is 5.69 Å². The van der Waals surface area contributed by atoms with Gasteiger partial charge in [-0.25, -0.2) is 0 Å². The van der Waals surface area contributed by atoms with E-state index in [9.17, 15) is 0 Å². The number of nitrogens with one attached hydrogen (secondary N) is 1. The predicted molar refractivity (Wildman–Crippen MR) is 72.0 cm³/mol. The molecule has 3 nitrogen and oxygen atoms in total. The fraction of sp³-hybridized carbons (Fsp3) is 0.500. The molecule has 0 saturated heterocycles. The second-order valence-electron chi connectivity index (χ2n) is 3.95. The monoisotopic (exact) mass is 231 g/mol. The van der Waals surface area contributed by atoms with E-state index in [0.29, 0.717) is 6.42 Å². The number of anilines is 1. The van der Waals surface area contributed by atoms with Crippen LogP contribution in [0.2, 0.25) is 0 Å². The second kappa shape index (κ2) is 7.70. The van der Waals surface area contributed by atoms with Crippen molar-refractivity contribution in [2.75, 3.05) is 31.5 Å². The molecule has 0 bridgehead atoms. The van der Waals surface area contributed by atoms with Crippen LogP contribution < -0.4 is 5.32 Å². The number of benzene rings is 1. The molecule has 3 heteroatoms. The fourth-order valence-corrected chi connectivity index (χ4v) is 1.82. The summed E-state index contributed by atoms with van der Waals surface area (Å²) in [5.41, 5.74) is 2.16. The van der Waals surface area contributed by atoms with Crippen LogP contribution >= 0.6 is 0 Å². The van der Waals surface area contributed by atoms with Gasteiger partial charge in [0, 0.05) is 18.8 Å². The van der Waals surface area contributed by atoms with Gasteiger partial charge in [0.1, 0.15) is 0 Å². The molecule has 92 valence electrons. The van der Waals surface area contributed by atoms with Gasteiger partial charge in [-0.15, -0.1) is 0 Å². The average Bonchev–Trinajstić information content (AvgIpc) is 2.37. The summed E-state index contributed by atoms with van der Waals surface area (Å²) in [6.07, 6.45) is 0.467. The van der Waals surface area contributed by atoms with Gasteiger partial charge in [0.2, 0.25) is 0 Å². The Bertz CT molecular complexity index is 364. The van der Waals surface area contributed by atoms with E-state index in [2.05, 4.69) is 30.1 Å². The Balaban J connectivity index is 2.48. The van der Waals surface area contributed by atoms with Crippen molar-refractivity contribution in [2.45, 2.75) is 20.3 Å². The maximum Gasteiger partial charge on any atom is 0.0670 e. The van der Waals surface area contributed by atoms with Gasteiger partial charge in [0.05, 0.1) is 12.5 Å². The molecule has 0 saturated carbocycles. The highest BCUT2D eigenvalue weighted by atomic mass is 15.1. The maximum absolute atomic E-state index is 8.75. The van der Waals surface area contributed by atoms with Gasteiger partial charge in [-0.2, -0.15) is 5.26 Å². The predicted octanol–water partition coefficient (Wildman–Crippen LogP) is 2.51. The molecule has 0 radical (unpaired) electrons. The molecule has 0 aliphatic heterocycles. The lowest BCUT2D eigenvalue weighted by atomic mass is 10.1. The van der Waals surface area contributed by atoms with Crippen LogP contribution in [0.1, 0.15) is 19.4 Å². The van der Waals surface area contributed by atoms with Crippen molar-refractivity contribution in [1.82, 2.24) is 4.90 Å². The molecule has 0 unspecified atom stereocenters. The lowest BCUT2D eigenvalue weighted by Crippen LogP contribution is -2.28. The van der Waals surface area contributed by atoms with Gasteiger partial charge in [-0.1, -0.05) is 32.0 Å². The molecule has 0 spiro atoms. The molecule has 0 aliphatic rings. The van der Waals surface area contributed by atoms with Crippen LogP contribution in [0.3, 0.4) is 0 Å². The Labute approximate surface area is 104 Å². The van der Waals surface area contributed by atoms with Gasteiger partial charge < -0.3 is 10.2 Å². The Hall–Kier alpha value is -1.53. The van der Waals surface area contributed by atoms with Crippen molar-refractivity contribution in [3.05, 3.63) is 29.8 Å². The zero-order valence-corrected chi connectivity index (χ0v) is 10.7. The molecule has 0 aliphatic carbocycles. The zero-order chi connectivity index (χ0) is 12.5. The lowest BCUT2D eigenvalue weighted by molar-refractivity contribution is 0.316. The lowest BCUT2D eigenvalue weighted by Gasteiger charge is -2.19. The van der Waals surface area contributed by atoms with E-state index in [1.807, 2.05) is 24.3 Å². The summed E-state index contributed by atoms with van der Waals surface area (Å²) < 4.78 is 0. The van der Waals surface area contributed by atoms with Crippen LogP contribution in [0.25, 0.3) is 0 Å². The molecule has 1 aromatic rings. The summed E-state index contributed by atoms with van der Waals surface area (Å²) in [6.45, 7) is 8.47. The van der Waals surface area contributed by atoms with E-state index in [1.54, 1.807) is 0 Å². The largest absolute Gasteiger partial charge is 0.384 e. The van der Waals surface area contributed by atoms with E-state index in [-0.39, 0.29) is 0 Å². The van der Waals surface area contributed by atoms with Gasteiger partial charge in [-0.05, 0) is 24.7 Å². The molecular weight excluding hydrogens is 210 g/mol. The molecular formula is C14H21N3. The summed E-state index contributed by atoms with van der Waals surface area (Å²) >= 11 is 0. The van der Waals surface area contributed by atoms with Crippen molar-refractivity contribution in [3.8, 4) is 6.07 Å². The number of likely N-dealkylation sites (N-methyl/N-ethyl adjacent to an activating group) is 1. The molecule has 0 aromatic heterocycles. The van der Waals surface area contributed by atoms with Crippen molar-refractivity contribution >= 4 is 5.69 Å². The summed E-state index contributed by atoms with van der Waals surface area (Å²) in [6, 6.07) is 10.2. The van der Waals surface area contributed by atoms with E-state index in [0.717, 1.165) is 37.4 Å². The Kier molecular flexibility index (Phi) is 6.13. The summed E-state index contributed by atoms with van der Waals surface area (Å²) in [5.74, 6) is 0. The molecule has 17 heavy (non-hydrogen) atoms. The van der Waals surface area contributed by atoms with E-state index in [1.165, 1.54) is 0 Å². The smallest absolute Gasteiger partial charge is 0.0670 e. The second-order valence-corrected chi connectivity index (χ2v) is 3.95. The summed E-state index contributed by atoms with van der Waals surface area (Å²) in [5, 5.41) is 12.2. The van der Waals surface area contributed by atoms with Crippen LogP contribution in [0.5, 0.6) is 0 Å². The van der Waals surface area contributed by atoms with E-state index in [4.69, 9.17) is 5.26 Å². The first kappa shape index (κ1) is 13.5. The third-order valence-corrected chi connectivity index (χ3v) is 2.92. The average molecular weight is 231 g/mol. The van der Waals surface area contributed by atoms with Gasteiger partial charge >= 0.3 is 0 Å². The van der Waals surface area contributed by atoms with Crippen LogP contribution in [0, 0.1) is 11.3 Å². The first-order chi connectivity index (χ1) is 8.31. The third-order valence-electron chi connectivity index (χ3n) is 2.92. The van der Waals surface area contributed by atoms with Crippen LogP contribution in [0.15, 0.2) is 24.3 Å². The minimum atomic E-state index is 0.467. The summed E-state index contributed by atoms with van der Waals surface area (Å²) in [4.78, 5) is 2.37. The number of hydrogen-bond donors (Lipinski definition) is 1. The molecule has 1 rings (SSSR count). The highest BCUT2D eigenvalue weighted by Crippen LogP contribution is 2.14. The molecule has 0 fully saturated rings. The Morgan fingerprint density at radius 1 is 1.24 bits per heavy atom. The number of para-hydroxylation sites is 1. The van der Waals surface area contributed by atoms with Crippen molar-refractivity contribution in [3.63, 3.8) is 0 Å². The summed E-state index contributed by atoms with van der Waals surface area (Å²) in [7, 11) is 0. The maximum atomic E-state index is 8.75. The third kappa shape index (κ3) is 4.46. The molecule has 1 N–H and O–H groups in total. The number of hydrogen-bond acceptors (Lipinski definition) is 3. The molecule has 0 heterocycles. The Morgan fingerprint density at radius 2 is 1.94 bits per heavy atom. The van der Waals surface area contributed by atoms with Crippen LogP contribution in [-0.4, -0.2) is 31.1 Å². The first-order valence-electron chi connectivity index (χ1n) is 6.22. The van der Waals surface area contributed by atoms with Crippen molar-refractivity contribution < 1.29 is 0 Å². The van der Waals surface area contributed by atoms with Crippen molar-refractivity contribution in [1.29, 1.82) is 5.26 Å². The topological polar surface area (TPSA) is 39.1 Å². The van der Waals surface area contributed by atoms with Crippen molar-refractivity contribution in [2.24, 2.45) is 0 Å².